The van der Waals surface area contributed by atoms with Gasteiger partial charge in [0.2, 0.25) is 0 Å². The Hall–Kier alpha value is -1.35. The molecular formula is C12H11BrN2. The van der Waals surface area contributed by atoms with E-state index in [1.54, 1.807) is 6.20 Å². The van der Waals surface area contributed by atoms with Crippen LogP contribution in [0, 0.1) is 6.92 Å². The molecule has 1 aromatic carbocycles. The Kier molecular flexibility index (Phi) is 2.73. The topological polar surface area (TPSA) is 38.9 Å². The minimum absolute atomic E-state index is 0.707. The summed E-state index contributed by atoms with van der Waals surface area (Å²) in [5, 5.41) is 0. The second-order valence-corrected chi connectivity index (χ2v) is 4.32. The van der Waals surface area contributed by atoms with E-state index in [0.717, 1.165) is 15.7 Å². The fourth-order valence-corrected chi connectivity index (χ4v) is 1.85. The van der Waals surface area contributed by atoms with Crippen LogP contribution >= 0.6 is 15.9 Å². The highest BCUT2D eigenvalue weighted by Gasteiger charge is 2.06. The first-order valence-corrected chi connectivity index (χ1v) is 5.45. The van der Waals surface area contributed by atoms with Crippen molar-refractivity contribution in [2.75, 3.05) is 5.73 Å². The van der Waals surface area contributed by atoms with Gasteiger partial charge in [-0.15, -0.1) is 0 Å². The van der Waals surface area contributed by atoms with E-state index in [9.17, 15) is 0 Å². The van der Waals surface area contributed by atoms with Crippen molar-refractivity contribution in [2.24, 2.45) is 0 Å². The number of benzene rings is 1. The SMILES string of the molecule is Cc1ccc(Br)cc1-c1ncccc1N. The molecule has 0 saturated carbocycles. The Labute approximate surface area is 97.3 Å². The molecule has 1 heterocycles. The van der Waals surface area contributed by atoms with Gasteiger partial charge in [-0.1, -0.05) is 22.0 Å². The predicted molar refractivity (Wildman–Crippen MR) is 66.5 cm³/mol. The fourth-order valence-electron chi connectivity index (χ4n) is 1.49. The third-order valence-corrected chi connectivity index (χ3v) is 2.79. The van der Waals surface area contributed by atoms with Gasteiger partial charge in [-0.3, -0.25) is 4.98 Å². The van der Waals surface area contributed by atoms with E-state index in [1.165, 1.54) is 5.56 Å². The van der Waals surface area contributed by atoms with Crippen molar-refractivity contribution in [1.29, 1.82) is 0 Å². The molecule has 0 bridgehead atoms. The monoisotopic (exact) mass is 262 g/mol. The lowest BCUT2D eigenvalue weighted by Crippen LogP contribution is -1.94. The van der Waals surface area contributed by atoms with Gasteiger partial charge >= 0.3 is 0 Å². The van der Waals surface area contributed by atoms with Crippen molar-refractivity contribution in [2.45, 2.75) is 6.92 Å². The van der Waals surface area contributed by atoms with E-state index in [2.05, 4.69) is 27.8 Å². The summed E-state index contributed by atoms with van der Waals surface area (Å²) in [6, 6.07) is 9.80. The summed E-state index contributed by atoms with van der Waals surface area (Å²) in [4.78, 5) is 4.30. The number of aryl methyl sites for hydroxylation is 1. The maximum absolute atomic E-state index is 5.89. The molecule has 0 amide bonds. The molecule has 0 spiro atoms. The van der Waals surface area contributed by atoms with Crippen LogP contribution < -0.4 is 5.73 Å². The molecule has 0 saturated heterocycles. The molecule has 0 unspecified atom stereocenters. The van der Waals surface area contributed by atoms with Crippen LogP contribution in [0.4, 0.5) is 5.69 Å². The number of hydrogen-bond acceptors (Lipinski definition) is 2. The molecule has 0 aliphatic heterocycles. The summed E-state index contributed by atoms with van der Waals surface area (Å²) in [6.45, 7) is 2.05. The van der Waals surface area contributed by atoms with Crippen molar-refractivity contribution in [3.63, 3.8) is 0 Å². The number of rotatable bonds is 1. The van der Waals surface area contributed by atoms with E-state index in [0.29, 0.717) is 5.69 Å². The molecule has 76 valence electrons. The summed E-state index contributed by atoms with van der Waals surface area (Å²) in [5.41, 5.74) is 9.69. The quantitative estimate of drug-likeness (QED) is 0.856. The lowest BCUT2D eigenvalue weighted by atomic mass is 10.0. The van der Waals surface area contributed by atoms with Crippen LogP contribution in [0.25, 0.3) is 11.3 Å². The number of nitrogens with zero attached hydrogens (tertiary/aromatic N) is 1. The largest absolute Gasteiger partial charge is 0.397 e. The number of anilines is 1. The Balaban J connectivity index is 2.64. The maximum atomic E-state index is 5.89. The first-order valence-electron chi connectivity index (χ1n) is 4.65. The highest BCUT2D eigenvalue weighted by molar-refractivity contribution is 9.10. The highest BCUT2D eigenvalue weighted by Crippen LogP contribution is 2.28. The first kappa shape index (κ1) is 10.2. The van der Waals surface area contributed by atoms with E-state index in [4.69, 9.17) is 5.73 Å². The van der Waals surface area contributed by atoms with Crippen LogP contribution in [0.5, 0.6) is 0 Å². The molecule has 15 heavy (non-hydrogen) atoms. The molecule has 0 atom stereocenters. The molecule has 0 aliphatic carbocycles. The first-order chi connectivity index (χ1) is 7.18. The van der Waals surface area contributed by atoms with Gasteiger partial charge in [0.1, 0.15) is 0 Å². The summed E-state index contributed by atoms with van der Waals surface area (Å²) in [7, 11) is 0. The number of hydrogen-bond donors (Lipinski definition) is 1. The van der Waals surface area contributed by atoms with Crippen LogP contribution in [0.2, 0.25) is 0 Å². The van der Waals surface area contributed by atoms with E-state index < -0.39 is 0 Å². The Bertz CT molecular complexity index is 495. The average Bonchev–Trinajstić information content (AvgIpc) is 2.23. The predicted octanol–water partition coefficient (Wildman–Crippen LogP) is 3.40. The maximum Gasteiger partial charge on any atom is 0.0934 e. The van der Waals surface area contributed by atoms with Crippen molar-refractivity contribution in [3.05, 3.63) is 46.6 Å². The van der Waals surface area contributed by atoms with Gasteiger partial charge < -0.3 is 5.73 Å². The zero-order valence-electron chi connectivity index (χ0n) is 8.37. The Morgan fingerprint density at radius 3 is 2.80 bits per heavy atom. The molecule has 3 heteroatoms. The molecular weight excluding hydrogens is 252 g/mol. The Morgan fingerprint density at radius 1 is 1.27 bits per heavy atom. The fraction of sp³-hybridized carbons (Fsp3) is 0.0833. The zero-order valence-corrected chi connectivity index (χ0v) is 9.95. The van der Waals surface area contributed by atoms with Crippen LogP contribution in [0.15, 0.2) is 41.0 Å². The number of pyridine rings is 1. The Morgan fingerprint density at radius 2 is 2.07 bits per heavy atom. The normalized spacial score (nSPS) is 10.3. The van der Waals surface area contributed by atoms with E-state index >= 15 is 0 Å². The minimum Gasteiger partial charge on any atom is -0.397 e. The smallest absolute Gasteiger partial charge is 0.0934 e. The highest BCUT2D eigenvalue weighted by atomic mass is 79.9. The summed E-state index contributed by atoms with van der Waals surface area (Å²) in [6.07, 6.45) is 1.76. The third-order valence-electron chi connectivity index (χ3n) is 2.29. The summed E-state index contributed by atoms with van der Waals surface area (Å²) in [5.74, 6) is 0. The van der Waals surface area contributed by atoms with Crippen molar-refractivity contribution < 1.29 is 0 Å². The van der Waals surface area contributed by atoms with Crippen molar-refractivity contribution in [3.8, 4) is 11.3 Å². The summed E-state index contributed by atoms with van der Waals surface area (Å²) < 4.78 is 1.04. The van der Waals surface area contributed by atoms with Gasteiger partial charge in [0, 0.05) is 16.2 Å². The lowest BCUT2D eigenvalue weighted by molar-refractivity contribution is 1.31. The van der Waals surface area contributed by atoms with Crippen LogP contribution in [-0.2, 0) is 0 Å². The number of halogens is 1. The van der Waals surface area contributed by atoms with Gasteiger partial charge in [0.25, 0.3) is 0 Å². The second-order valence-electron chi connectivity index (χ2n) is 3.40. The van der Waals surface area contributed by atoms with Crippen molar-refractivity contribution in [1.82, 2.24) is 4.98 Å². The minimum atomic E-state index is 0.707. The van der Waals surface area contributed by atoms with Gasteiger partial charge in [0.05, 0.1) is 11.4 Å². The van der Waals surface area contributed by atoms with E-state index in [-0.39, 0.29) is 0 Å². The molecule has 2 N–H and O–H groups in total. The molecule has 1 aromatic heterocycles. The molecule has 2 rings (SSSR count). The standard InChI is InChI=1S/C12H11BrN2/c1-8-4-5-9(13)7-10(8)12-11(14)3-2-6-15-12/h2-7H,14H2,1H3. The molecule has 0 radical (unpaired) electrons. The summed E-state index contributed by atoms with van der Waals surface area (Å²) >= 11 is 3.45. The molecule has 0 aliphatic rings. The number of nitrogen functional groups attached to an aromatic ring is 1. The zero-order chi connectivity index (χ0) is 10.8. The van der Waals surface area contributed by atoms with Crippen LogP contribution in [0.3, 0.4) is 0 Å². The molecule has 2 nitrogen and oxygen atoms in total. The lowest BCUT2D eigenvalue weighted by Gasteiger charge is -2.07. The van der Waals surface area contributed by atoms with E-state index in [1.807, 2.05) is 30.3 Å². The van der Waals surface area contributed by atoms with Gasteiger partial charge in [-0.2, -0.15) is 0 Å². The average molecular weight is 263 g/mol. The van der Waals surface area contributed by atoms with Crippen LogP contribution in [-0.4, -0.2) is 4.98 Å². The van der Waals surface area contributed by atoms with Crippen molar-refractivity contribution >= 4 is 21.6 Å². The second kappa shape index (κ2) is 4.03. The van der Waals surface area contributed by atoms with Gasteiger partial charge in [-0.05, 0) is 36.8 Å². The van der Waals surface area contributed by atoms with Gasteiger partial charge in [-0.25, -0.2) is 0 Å². The molecule has 2 aromatic rings. The van der Waals surface area contributed by atoms with Crippen LogP contribution in [0.1, 0.15) is 5.56 Å². The number of nitrogens with two attached hydrogens (primary N) is 1. The molecule has 0 fully saturated rings. The number of aromatic nitrogens is 1. The third kappa shape index (κ3) is 2.02. The van der Waals surface area contributed by atoms with Gasteiger partial charge in [0.15, 0.2) is 0 Å².